The van der Waals surface area contributed by atoms with Crippen molar-refractivity contribution in [1.29, 1.82) is 0 Å². The molecule has 0 radical (unpaired) electrons. The van der Waals surface area contributed by atoms with Gasteiger partial charge in [0.25, 0.3) is 6.09 Å². The minimum absolute atomic E-state index is 0.0402. The van der Waals surface area contributed by atoms with E-state index in [2.05, 4.69) is 12.1 Å². The summed E-state index contributed by atoms with van der Waals surface area (Å²) < 4.78 is 12.3. The van der Waals surface area contributed by atoms with Crippen molar-refractivity contribution in [2.45, 2.75) is 31.8 Å². The maximum atomic E-state index is 13.1. The number of nitrogens with zero attached hydrogens (tertiary/aromatic N) is 2. The molecule has 1 amide bonds. The molecule has 3 atom stereocenters. The van der Waals surface area contributed by atoms with E-state index in [1.165, 1.54) is 26.3 Å². The van der Waals surface area contributed by atoms with E-state index in [1.807, 2.05) is 12.1 Å². The number of carboxylic acid groups (broad SMARTS) is 1. The Hall–Kier alpha value is -2.77. The number of hydrogen-bond acceptors (Lipinski definition) is 5. The largest absolute Gasteiger partial charge is 0.496 e. The number of oxime groups is 1. The predicted octanol–water partition coefficient (Wildman–Crippen LogP) is 3.54. The van der Waals surface area contributed by atoms with E-state index in [-0.39, 0.29) is 17.8 Å². The van der Waals surface area contributed by atoms with Crippen LogP contribution in [0.25, 0.3) is 0 Å². The van der Waals surface area contributed by atoms with Crippen LogP contribution in [-0.4, -0.2) is 26.5 Å². The zero-order chi connectivity index (χ0) is 21.1. The van der Waals surface area contributed by atoms with Crippen LogP contribution in [0.1, 0.15) is 30.9 Å². The molecule has 1 aliphatic rings. The highest BCUT2D eigenvalue weighted by Gasteiger charge is 2.50. The molecule has 1 unspecified atom stereocenters. The first-order valence-corrected chi connectivity index (χ1v) is 9.43. The summed E-state index contributed by atoms with van der Waals surface area (Å²) >= 11 is 0. The van der Waals surface area contributed by atoms with Gasteiger partial charge in [-0.15, -0.1) is 4.65 Å². The monoisotopic (exact) mass is 400 g/mol. The Labute approximate surface area is 169 Å². The number of amides is 1. The van der Waals surface area contributed by atoms with Gasteiger partial charge in [-0.05, 0) is 47.9 Å². The average molecular weight is 400 g/mol. The summed E-state index contributed by atoms with van der Waals surface area (Å²) in [6, 6.07) is 13.6. The Bertz CT molecular complexity index is 902. The fourth-order valence-corrected chi connectivity index (χ4v) is 3.63. The molecule has 0 saturated heterocycles. The van der Waals surface area contributed by atoms with Crippen molar-refractivity contribution in [1.82, 2.24) is 4.65 Å². The zero-order valence-corrected chi connectivity index (χ0v) is 16.8. The third-order valence-electron chi connectivity index (χ3n) is 5.84. The number of carbonyl (C=O) groups is 1. The standard InChI is InChI=1S/C22H25FN2O4/c1-22(17-8-10-19(23)11-9-17)14-18(22)12-13-24-29-15-16-6-4-5-7-20(16)25(2,28-3)21(26)27/h4-11,13,18H,12,14-15H2,1-3H3/t18-,22+,25?/m1/s1. The smallest absolute Gasteiger partial charge is 0.297 e. The maximum Gasteiger partial charge on any atom is 0.297 e. The normalized spacial score (nSPS) is 23.0. The van der Waals surface area contributed by atoms with Crippen LogP contribution in [0.4, 0.5) is 14.9 Å². The minimum Gasteiger partial charge on any atom is -0.496 e. The quantitative estimate of drug-likeness (QED) is 0.386. The van der Waals surface area contributed by atoms with Gasteiger partial charge in [0.1, 0.15) is 19.5 Å². The van der Waals surface area contributed by atoms with E-state index in [9.17, 15) is 14.3 Å². The van der Waals surface area contributed by atoms with Crippen LogP contribution >= 0.6 is 0 Å². The molecule has 2 aromatic carbocycles. The molecule has 2 aromatic rings. The second kappa shape index (κ2) is 8.31. The average Bonchev–Trinajstić information content (AvgIpc) is 3.38. The molecule has 0 spiro atoms. The summed E-state index contributed by atoms with van der Waals surface area (Å²) in [4.78, 5) is 22.0. The van der Waals surface area contributed by atoms with Gasteiger partial charge in [0.05, 0.1) is 12.7 Å². The molecule has 6 nitrogen and oxygen atoms in total. The minimum atomic E-state index is -1.38. The third kappa shape index (κ3) is 4.31. The van der Waals surface area contributed by atoms with Crippen molar-refractivity contribution in [3.63, 3.8) is 0 Å². The van der Waals surface area contributed by atoms with Crippen molar-refractivity contribution < 1.29 is 24.0 Å². The molecule has 0 bridgehead atoms. The Morgan fingerprint density at radius 2 is 2.00 bits per heavy atom. The lowest BCUT2D eigenvalue weighted by Gasteiger charge is -2.29. The molecule has 0 N–H and O–H groups in total. The molecule has 0 heterocycles. The highest BCUT2D eigenvalue weighted by molar-refractivity contribution is 5.77. The molecule has 29 heavy (non-hydrogen) atoms. The van der Waals surface area contributed by atoms with E-state index in [4.69, 9.17) is 9.68 Å². The summed E-state index contributed by atoms with van der Waals surface area (Å²) in [6.45, 7) is 2.27. The first-order valence-electron chi connectivity index (χ1n) is 9.43. The molecule has 3 rings (SSSR count). The van der Waals surface area contributed by atoms with Gasteiger partial charge >= 0.3 is 0 Å². The van der Waals surface area contributed by atoms with Crippen LogP contribution in [0.15, 0.2) is 53.7 Å². The van der Waals surface area contributed by atoms with Crippen LogP contribution in [0.5, 0.6) is 0 Å². The molecule has 7 heteroatoms. The van der Waals surface area contributed by atoms with Gasteiger partial charge in [0.2, 0.25) is 0 Å². The van der Waals surface area contributed by atoms with Crippen molar-refractivity contribution >= 4 is 18.0 Å². The number of para-hydroxylation sites is 1. The Morgan fingerprint density at radius 3 is 2.66 bits per heavy atom. The van der Waals surface area contributed by atoms with E-state index in [0.717, 1.165) is 18.4 Å². The molecule has 0 aliphatic heterocycles. The fraction of sp³-hybridized carbons (Fsp3) is 0.364. The lowest BCUT2D eigenvalue weighted by atomic mass is 9.95. The van der Waals surface area contributed by atoms with E-state index in [1.54, 1.807) is 30.5 Å². The first kappa shape index (κ1) is 21.0. The van der Waals surface area contributed by atoms with Gasteiger partial charge in [0, 0.05) is 12.3 Å². The van der Waals surface area contributed by atoms with Gasteiger partial charge in [-0.25, -0.2) is 4.39 Å². The number of halogens is 1. The molecule has 1 saturated carbocycles. The van der Waals surface area contributed by atoms with Crippen molar-refractivity contribution in [3.8, 4) is 0 Å². The van der Waals surface area contributed by atoms with Gasteiger partial charge in [-0.1, -0.05) is 36.3 Å². The van der Waals surface area contributed by atoms with Gasteiger partial charge < -0.3 is 14.7 Å². The molecule has 1 fully saturated rings. The summed E-state index contributed by atoms with van der Waals surface area (Å²) in [5, 5.41) is 15.5. The van der Waals surface area contributed by atoms with Crippen molar-refractivity contribution in [2.24, 2.45) is 11.1 Å². The van der Waals surface area contributed by atoms with E-state index >= 15 is 0 Å². The number of hydroxylamine groups is 2. The number of hydrogen-bond donors (Lipinski definition) is 0. The summed E-state index contributed by atoms with van der Waals surface area (Å²) in [7, 11) is 2.69. The van der Waals surface area contributed by atoms with Crippen LogP contribution in [0, 0.1) is 11.7 Å². The van der Waals surface area contributed by atoms with Gasteiger partial charge in [-0.2, -0.15) is 4.84 Å². The topological polar surface area (TPSA) is 71.0 Å². The summed E-state index contributed by atoms with van der Waals surface area (Å²) in [5.41, 5.74) is 2.22. The van der Waals surface area contributed by atoms with Crippen molar-refractivity contribution in [2.75, 3.05) is 14.2 Å². The Morgan fingerprint density at radius 1 is 1.31 bits per heavy atom. The second-order valence-electron chi connectivity index (χ2n) is 7.62. The van der Waals surface area contributed by atoms with Gasteiger partial charge in [0.15, 0.2) is 5.69 Å². The SMILES string of the molecule is CO[N+](C)(C(=O)[O-])c1ccccc1CON=CC[C@@H]1C[C@@]1(C)c1ccc(F)cc1. The Balaban J connectivity index is 1.56. The molecule has 1 aliphatic carbocycles. The van der Waals surface area contributed by atoms with Gasteiger partial charge in [-0.3, -0.25) is 0 Å². The van der Waals surface area contributed by atoms with E-state index < -0.39 is 10.7 Å². The molecular formula is C22H25FN2O4. The highest BCUT2D eigenvalue weighted by Crippen LogP contribution is 2.55. The molecule has 0 aromatic heterocycles. The second-order valence-corrected chi connectivity index (χ2v) is 7.62. The first-order chi connectivity index (χ1) is 13.8. The van der Waals surface area contributed by atoms with E-state index in [0.29, 0.717) is 17.2 Å². The summed E-state index contributed by atoms with van der Waals surface area (Å²) in [6.07, 6.45) is 2.12. The number of carbonyl (C=O) groups excluding carboxylic acids is 1. The Kier molecular flexibility index (Phi) is 6.00. The van der Waals surface area contributed by atoms with Crippen LogP contribution < -0.4 is 9.75 Å². The number of benzene rings is 2. The number of quaternary nitrogens is 1. The van der Waals surface area contributed by atoms with Crippen LogP contribution in [0.2, 0.25) is 0 Å². The number of rotatable bonds is 8. The molecule has 154 valence electrons. The predicted molar refractivity (Wildman–Crippen MR) is 106 cm³/mol. The zero-order valence-electron chi connectivity index (χ0n) is 16.8. The highest BCUT2D eigenvalue weighted by atomic mass is 19.1. The molecular weight excluding hydrogens is 375 g/mol. The maximum absolute atomic E-state index is 13.1. The lowest BCUT2D eigenvalue weighted by molar-refractivity contribution is -0.290. The van der Waals surface area contributed by atoms with Crippen LogP contribution in [0.3, 0.4) is 0 Å². The fourth-order valence-electron chi connectivity index (χ4n) is 3.63. The lowest BCUT2D eigenvalue weighted by Crippen LogP contribution is -2.56. The summed E-state index contributed by atoms with van der Waals surface area (Å²) in [5.74, 6) is 0.200. The van der Waals surface area contributed by atoms with Crippen LogP contribution in [-0.2, 0) is 21.7 Å². The third-order valence-corrected chi connectivity index (χ3v) is 5.84. The van der Waals surface area contributed by atoms with Crippen molar-refractivity contribution in [3.05, 3.63) is 65.5 Å².